The van der Waals surface area contributed by atoms with Gasteiger partial charge in [-0.2, -0.15) is 0 Å². The van der Waals surface area contributed by atoms with Crippen molar-refractivity contribution < 1.29 is 24.5 Å². The number of phenolic OH excluding ortho intramolecular Hbond substituents is 1. The number of nitrogens with one attached hydrogen (secondary N) is 2. The van der Waals surface area contributed by atoms with Gasteiger partial charge in [0.05, 0.1) is 34.4 Å². The van der Waals surface area contributed by atoms with Gasteiger partial charge in [-0.05, 0) is 17.7 Å². The highest BCUT2D eigenvalue weighted by Gasteiger charge is 2.53. The molecule has 4 rings (SSSR count). The van der Waals surface area contributed by atoms with Crippen molar-refractivity contribution in [2.24, 2.45) is 0 Å². The third-order valence-electron chi connectivity index (χ3n) is 5.55. The zero-order valence-corrected chi connectivity index (χ0v) is 17.2. The third-order valence-corrected chi connectivity index (χ3v) is 5.55. The number of non-ortho nitro benzene ring substituents is 2. The van der Waals surface area contributed by atoms with Gasteiger partial charge in [0.15, 0.2) is 5.54 Å². The average molecular weight is 450 g/mol. The number of ether oxygens (including phenoxy) is 1. The fourth-order valence-corrected chi connectivity index (χ4v) is 4.01. The van der Waals surface area contributed by atoms with Crippen LogP contribution in [0.4, 0.5) is 22.7 Å². The van der Waals surface area contributed by atoms with Gasteiger partial charge in [-0.1, -0.05) is 30.3 Å². The Balaban J connectivity index is 2.02. The normalized spacial score (nSPS) is 18.9. The summed E-state index contributed by atoms with van der Waals surface area (Å²) in [6.45, 7) is 0. The van der Waals surface area contributed by atoms with Crippen LogP contribution in [0.1, 0.15) is 17.2 Å². The number of fused-ring (bicyclic) bond motifs is 1. The summed E-state index contributed by atoms with van der Waals surface area (Å²) in [5, 5.41) is 39.5. The van der Waals surface area contributed by atoms with E-state index in [2.05, 4.69) is 10.6 Å². The number of carbonyl (C=O) groups is 1. The summed E-state index contributed by atoms with van der Waals surface area (Å²) in [5.41, 5.74) is -1.05. The molecule has 0 aliphatic carbocycles. The van der Waals surface area contributed by atoms with E-state index in [1.165, 1.54) is 25.3 Å². The SMILES string of the molecule is COC(=O)[C@]1(c2ccccc2)Nc2ccc([N+](=O)[O-])cc2N[C@@H]1c1cc([N+](=O)[O-])ccc1O. The molecule has 1 heterocycles. The molecule has 0 fully saturated rings. The Bertz CT molecular complexity index is 1260. The lowest BCUT2D eigenvalue weighted by molar-refractivity contribution is -0.385. The summed E-state index contributed by atoms with van der Waals surface area (Å²) in [5.74, 6) is -1.04. The molecular formula is C22H18N4O7. The lowest BCUT2D eigenvalue weighted by atomic mass is 9.76. The van der Waals surface area contributed by atoms with Crippen molar-refractivity contribution in [1.29, 1.82) is 0 Å². The molecule has 3 aromatic rings. The molecule has 3 N–H and O–H groups in total. The van der Waals surface area contributed by atoms with Crippen LogP contribution in [0.15, 0.2) is 66.7 Å². The van der Waals surface area contributed by atoms with Crippen molar-refractivity contribution in [2.75, 3.05) is 17.7 Å². The van der Waals surface area contributed by atoms with Crippen LogP contribution in [0.25, 0.3) is 0 Å². The second-order valence-electron chi connectivity index (χ2n) is 7.36. The first-order valence-electron chi connectivity index (χ1n) is 9.72. The van der Waals surface area contributed by atoms with Crippen LogP contribution in [-0.2, 0) is 15.1 Å². The molecule has 168 valence electrons. The fraction of sp³-hybridized carbons (Fsp3) is 0.136. The van der Waals surface area contributed by atoms with E-state index in [1.54, 1.807) is 30.3 Å². The second-order valence-corrected chi connectivity index (χ2v) is 7.36. The number of nitro groups is 2. The van der Waals surface area contributed by atoms with Gasteiger partial charge in [0, 0.05) is 29.8 Å². The number of rotatable bonds is 5. The number of hydrogen-bond donors (Lipinski definition) is 3. The van der Waals surface area contributed by atoms with E-state index >= 15 is 0 Å². The van der Waals surface area contributed by atoms with Crippen molar-refractivity contribution in [3.8, 4) is 5.75 Å². The molecule has 0 bridgehead atoms. The first-order valence-corrected chi connectivity index (χ1v) is 9.72. The topological polar surface area (TPSA) is 157 Å². The zero-order valence-electron chi connectivity index (χ0n) is 17.2. The first kappa shape index (κ1) is 21.6. The number of esters is 1. The molecule has 33 heavy (non-hydrogen) atoms. The van der Waals surface area contributed by atoms with Gasteiger partial charge in [-0.25, -0.2) is 4.79 Å². The lowest BCUT2D eigenvalue weighted by Crippen LogP contribution is -2.54. The Hall–Kier alpha value is -4.67. The highest BCUT2D eigenvalue weighted by molar-refractivity contribution is 5.93. The minimum atomic E-state index is -1.67. The van der Waals surface area contributed by atoms with Crippen molar-refractivity contribution in [3.05, 3.63) is 98.1 Å². The monoisotopic (exact) mass is 450 g/mol. The molecule has 11 heteroatoms. The minimum absolute atomic E-state index is 0.0307. The van der Waals surface area contributed by atoms with Crippen LogP contribution in [0.2, 0.25) is 0 Å². The average Bonchev–Trinajstić information content (AvgIpc) is 2.82. The maximum absolute atomic E-state index is 13.3. The largest absolute Gasteiger partial charge is 0.508 e. The Labute approximate surface area is 186 Å². The Kier molecular flexibility index (Phi) is 5.30. The standard InChI is InChI=1S/C22H18N4O7/c1-33-21(28)22(13-5-3-2-4-6-13)20(16-11-14(25(29)30)8-10-19(16)27)23-18-12-15(26(31)32)7-9-17(18)24-22/h2-12,20,23-24,27H,1H3/t20-,22-/m1/s1. The summed E-state index contributed by atoms with van der Waals surface area (Å²) < 4.78 is 5.13. The molecular weight excluding hydrogens is 432 g/mol. The fourth-order valence-electron chi connectivity index (χ4n) is 4.01. The number of benzene rings is 3. The highest BCUT2D eigenvalue weighted by atomic mass is 16.6. The predicted octanol–water partition coefficient (Wildman–Crippen LogP) is 3.86. The van der Waals surface area contributed by atoms with Crippen molar-refractivity contribution in [3.63, 3.8) is 0 Å². The summed E-state index contributed by atoms with van der Waals surface area (Å²) in [4.78, 5) is 34.8. The summed E-state index contributed by atoms with van der Waals surface area (Å²) in [6.07, 6.45) is 0. The van der Waals surface area contributed by atoms with E-state index in [-0.39, 0.29) is 28.4 Å². The van der Waals surface area contributed by atoms with Gasteiger partial charge in [0.1, 0.15) is 5.75 Å². The third kappa shape index (κ3) is 3.55. The number of nitrogens with zero attached hydrogens (tertiary/aromatic N) is 2. The Morgan fingerprint density at radius 3 is 2.24 bits per heavy atom. The number of nitro benzene ring substituents is 2. The smallest absolute Gasteiger partial charge is 0.338 e. The molecule has 0 saturated heterocycles. The number of carbonyl (C=O) groups excluding carboxylic acids is 1. The van der Waals surface area contributed by atoms with E-state index in [1.807, 2.05) is 0 Å². The summed E-state index contributed by atoms with van der Waals surface area (Å²) in [6, 6.07) is 14.8. The molecule has 0 amide bonds. The highest BCUT2D eigenvalue weighted by Crippen LogP contribution is 2.50. The van der Waals surface area contributed by atoms with Crippen molar-refractivity contribution in [1.82, 2.24) is 0 Å². The van der Waals surface area contributed by atoms with Gasteiger partial charge in [0.25, 0.3) is 11.4 Å². The van der Waals surface area contributed by atoms with Crippen molar-refractivity contribution in [2.45, 2.75) is 11.6 Å². The Morgan fingerprint density at radius 2 is 1.61 bits per heavy atom. The number of methoxy groups -OCH3 is 1. The van der Waals surface area contributed by atoms with Crippen LogP contribution >= 0.6 is 0 Å². The van der Waals surface area contributed by atoms with Crippen molar-refractivity contribution >= 4 is 28.7 Å². The number of phenols is 1. The van der Waals surface area contributed by atoms with Gasteiger partial charge in [-0.15, -0.1) is 0 Å². The van der Waals surface area contributed by atoms with Gasteiger partial charge in [-0.3, -0.25) is 20.2 Å². The molecule has 0 radical (unpaired) electrons. The second kappa shape index (κ2) is 8.11. The zero-order chi connectivity index (χ0) is 23.8. The van der Waals surface area contributed by atoms with Crippen LogP contribution in [0.3, 0.4) is 0 Å². The maximum atomic E-state index is 13.3. The van der Waals surface area contributed by atoms with Gasteiger partial charge >= 0.3 is 5.97 Å². The molecule has 0 aromatic heterocycles. The molecule has 11 nitrogen and oxygen atoms in total. The molecule has 1 aliphatic heterocycles. The predicted molar refractivity (Wildman–Crippen MR) is 118 cm³/mol. The van der Waals surface area contributed by atoms with E-state index in [0.29, 0.717) is 11.3 Å². The summed E-state index contributed by atoms with van der Waals surface area (Å²) >= 11 is 0. The quantitative estimate of drug-likeness (QED) is 0.298. The molecule has 0 unspecified atom stereocenters. The molecule has 1 aliphatic rings. The maximum Gasteiger partial charge on any atom is 0.338 e. The Morgan fingerprint density at radius 1 is 0.970 bits per heavy atom. The number of aromatic hydroxyl groups is 1. The van der Waals surface area contributed by atoms with E-state index < -0.39 is 27.4 Å². The lowest BCUT2D eigenvalue weighted by Gasteiger charge is -2.45. The molecule has 2 atom stereocenters. The summed E-state index contributed by atoms with van der Waals surface area (Å²) in [7, 11) is 1.20. The number of hydrogen-bond acceptors (Lipinski definition) is 9. The molecule has 3 aromatic carbocycles. The van der Waals surface area contributed by atoms with Crippen LogP contribution < -0.4 is 10.6 Å². The minimum Gasteiger partial charge on any atom is -0.508 e. The first-order chi connectivity index (χ1) is 15.8. The van der Waals surface area contributed by atoms with Crippen LogP contribution in [-0.4, -0.2) is 28.0 Å². The van der Waals surface area contributed by atoms with E-state index in [0.717, 1.165) is 18.2 Å². The van der Waals surface area contributed by atoms with E-state index in [4.69, 9.17) is 4.74 Å². The van der Waals surface area contributed by atoms with Crippen LogP contribution in [0.5, 0.6) is 5.75 Å². The molecule has 0 saturated carbocycles. The van der Waals surface area contributed by atoms with E-state index in [9.17, 15) is 30.1 Å². The number of anilines is 2. The van der Waals surface area contributed by atoms with Gasteiger partial charge < -0.3 is 20.5 Å². The van der Waals surface area contributed by atoms with Gasteiger partial charge in [0.2, 0.25) is 0 Å². The molecule has 0 spiro atoms. The van der Waals surface area contributed by atoms with Crippen LogP contribution in [0, 0.1) is 20.2 Å².